The van der Waals surface area contributed by atoms with Crippen LogP contribution < -0.4 is 5.32 Å². The zero-order valence-electron chi connectivity index (χ0n) is 14.0. The lowest BCUT2D eigenvalue weighted by Gasteiger charge is -2.17. The molecule has 1 N–H and O–H groups in total. The van der Waals surface area contributed by atoms with Gasteiger partial charge in [0.2, 0.25) is 15.9 Å². The number of benzene rings is 2. The van der Waals surface area contributed by atoms with Gasteiger partial charge in [-0.3, -0.25) is 4.79 Å². The summed E-state index contributed by atoms with van der Waals surface area (Å²) in [4.78, 5) is 11.8. The highest BCUT2D eigenvalue weighted by Gasteiger charge is 2.19. The summed E-state index contributed by atoms with van der Waals surface area (Å²) in [5, 5.41) is 2.54. The quantitative estimate of drug-likeness (QED) is 0.782. The van der Waals surface area contributed by atoms with Crippen LogP contribution in [0.15, 0.2) is 54.6 Å². The Morgan fingerprint density at radius 2 is 1.72 bits per heavy atom. The van der Waals surface area contributed by atoms with Crippen molar-refractivity contribution in [3.63, 3.8) is 0 Å². The third-order valence-corrected chi connectivity index (χ3v) is 5.54. The van der Waals surface area contributed by atoms with Gasteiger partial charge in [0.15, 0.2) is 0 Å². The molecule has 0 saturated heterocycles. The molecule has 0 saturated carbocycles. The Hall–Kier alpha value is -2.25. The molecule has 0 aliphatic rings. The van der Waals surface area contributed by atoms with Gasteiger partial charge in [-0.2, -0.15) is 0 Å². The number of sulfonamides is 1. The summed E-state index contributed by atoms with van der Waals surface area (Å²) in [6.45, 7) is 0.283. The fourth-order valence-corrected chi connectivity index (χ4v) is 3.34. The first-order chi connectivity index (χ1) is 11.9. The molecule has 0 unspecified atom stereocenters. The van der Waals surface area contributed by atoms with E-state index in [-0.39, 0.29) is 25.3 Å². The van der Waals surface area contributed by atoms with Crippen molar-refractivity contribution < 1.29 is 17.6 Å². The summed E-state index contributed by atoms with van der Waals surface area (Å²) in [5.74, 6) is -1.13. The van der Waals surface area contributed by atoms with E-state index in [2.05, 4.69) is 5.32 Å². The Morgan fingerprint density at radius 3 is 2.40 bits per heavy atom. The standard InChI is InChI=1S/C18H21FN2O3S/c1-21(14-15-7-3-2-4-8-15)25(23,24)12-11-18(22)20-13-16-9-5-6-10-17(16)19/h2-10H,11-14H2,1H3,(H,20,22). The highest BCUT2D eigenvalue weighted by molar-refractivity contribution is 7.89. The Balaban J connectivity index is 1.82. The van der Waals surface area contributed by atoms with E-state index < -0.39 is 21.7 Å². The maximum absolute atomic E-state index is 13.5. The molecule has 0 heterocycles. The molecule has 0 radical (unpaired) electrons. The van der Waals surface area contributed by atoms with E-state index >= 15 is 0 Å². The highest BCUT2D eigenvalue weighted by Crippen LogP contribution is 2.09. The molecule has 5 nitrogen and oxygen atoms in total. The molecular weight excluding hydrogens is 343 g/mol. The Morgan fingerprint density at radius 1 is 1.08 bits per heavy atom. The number of carbonyl (C=O) groups excluding carboxylic acids is 1. The van der Waals surface area contributed by atoms with E-state index in [1.54, 1.807) is 18.2 Å². The van der Waals surface area contributed by atoms with E-state index in [0.717, 1.165) is 5.56 Å². The smallest absolute Gasteiger partial charge is 0.221 e. The Labute approximate surface area is 147 Å². The predicted molar refractivity (Wildman–Crippen MR) is 94.6 cm³/mol. The molecule has 0 atom stereocenters. The molecular formula is C18H21FN2O3S. The van der Waals surface area contributed by atoms with Crippen molar-refractivity contribution in [3.8, 4) is 0 Å². The molecule has 0 spiro atoms. The van der Waals surface area contributed by atoms with Crippen LogP contribution >= 0.6 is 0 Å². The molecule has 2 aromatic carbocycles. The minimum atomic E-state index is -3.55. The van der Waals surface area contributed by atoms with Gasteiger partial charge in [-0.25, -0.2) is 17.1 Å². The van der Waals surface area contributed by atoms with Crippen LogP contribution in [-0.2, 0) is 27.9 Å². The van der Waals surface area contributed by atoms with Gasteiger partial charge in [-0.05, 0) is 11.6 Å². The number of amides is 1. The van der Waals surface area contributed by atoms with Crippen LogP contribution in [0, 0.1) is 5.82 Å². The van der Waals surface area contributed by atoms with E-state index in [0.29, 0.717) is 5.56 Å². The van der Waals surface area contributed by atoms with Gasteiger partial charge >= 0.3 is 0 Å². The molecule has 0 aliphatic heterocycles. The number of carbonyl (C=O) groups is 1. The van der Waals surface area contributed by atoms with Gasteiger partial charge in [-0.15, -0.1) is 0 Å². The summed E-state index contributed by atoms with van der Waals surface area (Å²) in [6, 6.07) is 15.3. The minimum absolute atomic E-state index is 0.0331. The lowest BCUT2D eigenvalue weighted by molar-refractivity contribution is -0.120. The molecule has 7 heteroatoms. The van der Waals surface area contributed by atoms with Gasteiger partial charge in [0.1, 0.15) is 5.82 Å². The van der Waals surface area contributed by atoms with Crippen LogP contribution in [0.25, 0.3) is 0 Å². The number of nitrogens with zero attached hydrogens (tertiary/aromatic N) is 1. The maximum Gasteiger partial charge on any atom is 0.221 e. The van der Waals surface area contributed by atoms with Gasteiger partial charge in [-0.1, -0.05) is 48.5 Å². The zero-order chi connectivity index (χ0) is 18.3. The number of hydrogen-bond donors (Lipinski definition) is 1. The first-order valence-corrected chi connectivity index (χ1v) is 9.47. The van der Waals surface area contributed by atoms with Gasteiger partial charge in [0.25, 0.3) is 0 Å². The highest BCUT2D eigenvalue weighted by atomic mass is 32.2. The third-order valence-electron chi connectivity index (χ3n) is 3.74. The van der Waals surface area contributed by atoms with Crippen molar-refractivity contribution in [2.75, 3.05) is 12.8 Å². The van der Waals surface area contributed by atoms with Gasteiger partial charge < -0.3 is 5.32 Å². The van der Waals surface area contributed by atoms with Crippen molar-refractivity contribution in [3.05, 3.63) is 71.5 Å². The Bertz CT molecular complexity index is 810. The van der Waals surface area contributed by atoms with Crippen molar-refractivity contribution >= 4 is 15.9 Å². The van der Waals surface area contributed by atoms with Gasteiger partial charge in [0.05, 0.1) is 5.75 Å². The summed E-state index contributed by atoms with van der Waals surface area (Å²) >= 11 is 0. The normalized spacial score (nSPS) is 11.5. The molecule has 1 amide bonds. The first-order valence-electron chi connectivity index (χ1n) is 7.86. The molecule has 134 valence electrons. The molecule has 2 aromatic rings. The third kappa shape index (κ3) is 5.95. The van der Waals surface area contributed by atoms with Crippen molar-refractivity contribution in [2.45, 2.75) is 19.5 Å². The van der Waals surface area contributed by atoms with E-state index in [1.165, 1.54) is 17.4 Å². The van der Waals surface area contributed by atoms with E-state index in [9.17, 15) is 17.6 Å². The average Bonchev–Trinajstić information content (AvgIpc) is 2.60. The monoisotopic (exact) mass is 364 g/mol. The van der Waals surface area contributed by atoms with Crippen molar-refractivity contribution in [2.24, 2.45) is 0 Å². The van der Waals surface area contributed by atoms with Crippen molar-refractivity contribution in [1.82, 2.24) is 9.62 Å². The maximum atomic E-state index is 13.5. The van der Waals surface area contributed by atoms with Crippen LogP contribution in [0.3, 0.4) is 0 Å². The lowest BCUT2D eigenvalue weighted by atomic mass is 10.2. The predicted octanol–water partition coefficient (Wildman–Crippen LogP) is 2.29. The number of rotatable bonds is 8. The second kappa shape index (κ2) is 8.73. The van der Waals surface area contributed by atoms with Crippen molar-refractivity contribution in [1.29, 1.82) is 0 Å². The number of nitrogens with one attached hydrogen (secondary N) is 1. The zero-order valence-corrected chi connectivity index (χ0v) is 14.8. The molecule has 25 heavy (non-hydrogen) atoms. The van der Waals surface area contributed by atoms with E-state index in [1.807, 2.05) is 30.3 Å². The molecule has 0 aliphatic carbocycles. The SMILES string of the molecule is CN(Cc1ccccc1)S(=O)(=O)CCC(=O)NCc1ccccc1F. The summed E-state index contributed by atoms with van der Waals surface area (Å²) in [5.41, 5.74) is 1.23. The van der Waals surface area contributed by atoms with Crippen LogP contribution in [0.5, 0.6) is 0 Å². The van der Waals surface area contributed by atoms with Crippen LogP contribution in [-0.4, -0.2) is 31.4 Å². The van der Waals surface area contributed by atoms with Crippen LogP contribution in [0.4, 0.5) is 4.39 Å². The number of hydrogen-bond acceptors (Lipinski definition) is 3. The first kappa shape index (κ1) is 19.1. The summed E-state index contributed by atoms with van der Waals surface area (Å²) in [6.07, 6.45) is -0.171. The topological polar surface area (TPSA) is 66.5 Å². The minimum Gasteiger partial charge on any atom is -0.352 e. The fraction of sp³-hybridized carbons (Fsp3) is 0.278. The lowest BCUT2D eigenvalue weighted by Crippen LogP contribution is -2.32. The van der Waals surface area contributed by atoms with Gasteiger partial charge in [0, 0.05) is 32.1 Å². The Kier molecular flexibility index (Phi) is 6.66. The molecule has 0 fully saturated rings. The average molecular weight is 364 g/mol. The van der Waals surface area contributed by atoms with Crippen LogP contribution in [0.2, 0.25) is 0 Å². The molecule has 0 bridgehead atoms. The second-order valence-corrected chi connectivity index (χ2v) is 7.87. The summed E-state index contributed by atoms with van der Waals surface area (Å²) in [7, 11) is -2.06. The fourth-order valence-electron chi connectivity index (χ4n) is 2.24. The molecule has 0 aromatic heterocycles. The second-order valence-electron chi connectivity index (χ2n) is 5.68. The number of halogens is 1. The molecule has 2 rings (SSSR count). The van der Waals surface area contributed by atoms with Crippen LogP contribution in [0.1, 0.15) is 17.5 Å². The largest absolute Gasteiger partial charge is 0.352 e. The van der Waals surface area contributed by atoms with E-state index in [4.69, 9.17) is 0 Å². The summed E-state index contributed by atoms with van der Waals surface area (Å²) < 4.78 is 39.2.